The number of nitrogens with one attached hydrogen (secondary N) is 1. The Hall–Kier alpha value is -1.60. The van der Waals surface area contributed by atoms with E-state index in [0.717, 1.165) is 12.8 Å². The molecule has 2 rings (SSSR count). The lowest BCUT2D eigenvalue weighted by Gasteiger charge is -2.24. The Morgan fingerprint density at radius 2 is 1.74 bits per heavy atom. The van der Waals surface area contributed by atoms with Crippen LogP contribution in [0.4, 0.5) is 4.39 Å². The summed E-state index contributed by atoms with van der Waals surface area (Å²) in [5.74, 6) is -0.124. The molecule has 5 atom stereocenters. The largest absolute Gasteiger partial charge is 0.393 e. The van der Waals surface area contributed by atoms with Crippen molar-refractivity contribution in [3.8, 4) is 0 Å². The second-order valence-electron chi connectivity index (χ2n) is 8.11. The van der Waals surface area contributed by atoms with Crippen LogP contribution in [0.25, 0.3) is 6.08 Å². The lowest BCUT2D eigenvalue weighted by molar-refractivity contribution is -0.0980. The number of benzene rings is 1. The normalized spacial score (nSPS) is 23.6. The highest BCUT2D eigenvalue weighted by Gasteiger charge is 2.40. The Morgan fingerprint density at radius 1 is 1.13 bits per heavy atom. The third-order valence-electron chi connectivity index (χ3n) is 5.57. The van der Waals surface area contributed by atoms with Gasteiger partial charge in [-0.15, -0.1) is 0 Å². The van der Waals surface area contributed by atoms with E-state index in [1.54, 1.807) is 24.3 Å². The molecule has 1 saturated carbocycles. The van der Waals surface area contributed by atoms with Crippen molar-refractivity contribution in [1.82, 2.24) is 5.32 Å². The van der Waals surface area contributed by atoms with Gasteiger partial charge in [0.05, 0.1) is 18.3 Å². The third-order valence-corrected chi connectivity index (χ3v) is 5.57. The second kappa shape index (κ2) is 18.0. The first-order valence-corrected chi connectivity index (χ1v) is 11.3. The average Bonchev–Trinajstić information content (AvgIpc) is 3.02. The molecule has 1 aliphatic rings. The maximum absolute atomic E-state index is 13.2. The summed E-state index contributed by atoms with van der Waals surface area (Å²) in [4.78, 5) is 8.00. The van der Waals surface area contributed by atoms with Gasteiger partial charge in [0.25, 0.3) is 0 Å². The van der Waals surface area contributed by atoms with Crippen molar-refractivity contribution in [2.75, 3.05) is 14.1 Å². The summed E-state index contributed by atoms with van der Waals surface area (Å²) in [5.41, 5.74) is 0.717. The topological polar surface area (TPSA) is 89.8 Å². The van der Waals surface area contributed by atoms with Crippen LogP contribution in [0.3, 0.4) is 0 Å². The molecule has 0 saturated heterocycles. The summed E-state index contributed by atoms with van der Waals surface area (Å²) in [5, 5.41) is 33.5. The molecule has 31 heavy (non-hydrogen) atoms. The van der Waals surface area contributed by atoms with Gasteiger partial charge in [0.15, 0.2) is 0 Å². The van der Waals surface area contributed by atoms with Gasteiger partial charge in [-0.2, -0.15) is 0 Å². The van der Waals surface area contributed by atoms with Crippen molar-refractivity contribution in [2.24, 2.45) is 11.8 Å². The summed E-state index contributed by atoms with van der Waals surface area (Å²) in [6, 6.07) is 6.24. The van der Waals surface area contributed by atoms with Crippen molar-refractivity contribution in [3.05, 3.63) is 41.7 Å². The SMILES string of the molecule is C=O.CCCCCC[C@@H]1[C@@H](CCC(O)/C=C/c2cccc(F)c2)[C@H](O)C[C@@H]1O.CNC. The molecule has 0 amide bonds. The molecule has 6 heteroatoms. The number of hydrogen-bond acceptors (Lipinski definition) is 5. The van der Waals surface area contributed by atoms with Crippen LogP contribution in [0.5, 0.6) is 0 Å². The zero-order chi connectivity index (χ0) is 23.6. The summed E-state index contributed by atoms with van der Waals surface area (Å²) in [7, 11) is 3.75. The molecule has 0 aromatic heterocycles. The Kier molecular flexibility index (Phi) is 17.1. The molecular formula is C25H42FNO4. The Labute approximate surface area is 187 Å². The van der Waals surface area contributed by atoms with E-state index in [1.165, 1.54) is 31.4 Å². The van der Waals surface area contributed by atoms with E-state index < -0.39 is 18.3 Å². The highest BCUT2D eigenvalue weighted by Crippen LogP contribution is 2.39. The summed E-state index contributed by atoms with van der Waals surface area (Å²) < 4.78 is 13.2. The lowest BCUT2D eigenvalue weighted by atomic mass is 9.85. The predicted molar refractivity (Wildman–Crippen MR) is 125 cm³/mol. The van der Waals surface area contributed by atoms with Gasteiger partial charge < -0.3 is 25.4 Å². The van der Waals surface area contributed by atoms with Gasteiger partial charge in [0.1, 0.15) is 12.6 Å². The zero-order valence-corrected chi connectivity index (χ0v) is 19.3. The molecule has 1 aliphatic carbocycles. The van der Waals surface area contributed by atoms with Gasteiger partial charge >= 0.3 is 0 Å². The minimum absolute atomic E-state index is 0.0452. The number of hydrogen-bond donors (Lipinski definition) is 4. The monoisotopic (exact) mass is 439 g/mol. The molecule has 178 valence electrons. The maximum Gasteiger partial charge on any atom is 0.123 e. The minimum atomic E-state index is -0.635. The van der Waals surface area contributed by atoms with Crippen molar-refractivity contribution in [2.45, 2.75) is 76.6 Å². The van der Waals surface area contributed by atoms with Crippen LogP contribution in [0, 0.1) is 17.7 Å². The number of rotatable bonds is 10. The van der Waals surface area contributed by atoms with Crippen molar-refractivity contribution < 1.29 is 24.5 Å². The number of halogens is 1. The minimum Gasteiger partial charge on any atom is -0.393 e. The van der Waals surface area contributed by atoms with Gasteiger partial charge in [-0.25, -0.2) is 4.39 Å². The Bertz CT molecular complexity index is 599. The van der Waals surface area contributed by atoms with Crippen LogP contribution in [-0.2, 0) is 4.79 Å². The van der Waals surface area contributed by atoms with E-state index in [-0.39, 0.29) is 17.7 Å². The van der Waals surface area contributed by atoms with E-state index in [2.05, 4.69) is 12.2 Å². The first-order valence-electron chi connectivity index (χ1n) is 11.3. The van der Waals surface area contributed by atoms with Gasteiger partial charge in [0, 0.05) is 0 Å². The Morgan fingerprint density at radius 3 is 2.32 bits per heavy atom. The van der Waals surface area contributed by atoms with Crippen LogP contribution in [-0.4, -0.2) is 54.5 Å². The molecule has 1 aromatic carbocycles. The highest BCUT2D eigenvalue weighted by atomic mass is 19.1. The number of aliphatic hydroxyl groups is 3. The van der Waals surface area contributed by atoms with E-state index in [4.69, 9.17) is 4.79 Å². The van der Waals surface area contributed by atoms with Crippen molar-refractivity contribution >= 4 is 12.9 Å². The standard InChI is InChI=1S/C22H33FO3.C2H7N.CH2O/c1-2-3-4-5-9-19-20(22(26)15-21(19)25)13-12-18(24)11-10-16-7-6-8-17(23)14-16;1-3-2;1-2/h6-8,10-11,14,18-22,24-26H,2-5,9,12-13,15H2,1H3;3H,1-2H3;1H2/b11-10+;;/t18?,19-,20-,21+,22-;;/m1../s1. The summed E-state index contributed by atoms with van der Waals surface area (Å²) in [6.45, 7) is 4.18. The fourth-order valence-corrected chi connectivity index (χ4v) is 4.08. The molecule has 1 aromatic rings. The molecule has 0 spiro atoms. The average molecular weight is 440 g/mol. The third kappa shape index (κ3) is 12.1. The quantitative estimate of drug-likeness (QED) is 0.415. The molecular weight excluding hydrogens is 397 g/mol. The van der Waals surface area contributed by atoms with Gasteiger partial charge in [0.2, 0.25) is 0 Å². The first kappa shape index (κ1) is 29.4. The molecule has 0 radical (unpaired) electrons. The van der Waals surface area contributed by atoms with E-state index in [0.29, 0.717) is 24.8 Å². The smallest absolute Gasteiger partial charge is 0.123 e. The number of carbonyl (C=O) groups excluding carboxylic acids is 1. The fraction of sp³-hybridized carbons (Fsp3) is 0.640. The summed E-state index contributed by atoms with van der Waals surface area (Å²) >= 11 is 0. The van der Waals surface area contributed by atoms with Gasteiger partial charge in [-0.3, -0.25) is 0 Å². The number of aliphatic hydroxyl groups excluding tert-OH is 3. The van der Waals surface area contributed by atoms with Crippen LogP contribution >= 0.6 is 0 Å². The summed E-state index contributed by atoms with van der Waals surface area (Å²) in [6.07, 6.45) is 9.08. The van der Waals surface area contributed by atoms with Crippen molar-refractivity contribution in [3.63, 3.8) is 0 Å². The highest BCUT2D eigenvalue weighted by molar-refractivity contribution is 5.49. The van der Waals surface area contributed by atoms with E-state index in [1.807, 2.05) is 20.9 Å². The molecule has 0 bridgehead atoms. The Balaban J connectivity index is 0.00000165. The first-order chi connectivity index (χ1) is 14.9. The van der Waals surface area contributed by atoms with E-state index in [9.17, 15) is 19.7 Å². The number of carbonyl (C=O) groups is 1. The molecule has 5 nitrogen and oxygen atoms in total. The van der Waals surface area contributed by atoms with Gasteiger partial charge in [-0.1, -0.05) is 56.9 Å². The van der Waals surface area contributed by atoms with E-state index >= 15 is 0 Å². The van der Waals surface area contributed by atoms with Crippen LogP contribution < -0.4 is 5.32 Å². The molecule has 1 unspecified atom stereocenters. The van der Waals surface area contributed by atoms with Gasteiger partial charge in [-0.05, 0) is 69.3 Å². The van der Waals surface area contributed by atoms with Crippen LogP contribution in [0.1, 0.15) is 63.9 Å². The molecule has 4 N–H and O–H groups in total. The van der Waals surface area contributed by atoms with Crippen LogP contribution in [0.15, 0.2) is 30.3 Å². The number of unbranched alkanes of at least 4 members (excludes halogenated alkanes) is 3. The zero-order valence-electron chi connectivity index (χ0n) is 19.3. The fourth-order valence-electron chi connectivity index (χ4n) is 4.08. The second-order valence-corrected chi connectivity index (χ2v) is 8.11. The lowest BCUT2D eigenvalue weighted by Crippen LogP contribution is -2.23. The van der Waals surface area contributed by atoms with Crippen LogP contribution in [0.2, 0.25) is 0 Å². The van der Waals surface area contributed by atoms with Crippen molar-refractivity contribution in [1.29, 1.82) is 0 Å². The molecule has 0 heterocycles. The molecule has 0 aliphatic heterocycles. The predicted octanol–water partition coefficient (Wildman–Crippen LogP) is 3.96. The maximum atomic E-state index is 13.2. The molecule has 1 fully saturated rings.